The fourth-order valence-corrected chi connectivity index (χ4v) is 20.4. The third-order valence-corrected chi connectivity index (χ3v) is 21.2. The molecule has 1 aromatic heterocycles. The van der Waals surface area contributed by atoms with E-state index >= 15 is 0 Å². The van der Waals surface area contributed by atoms with Crippen molar-refractivity contribution in [3.8, 4) is 0 Å². The maximum atomic E-state index is 10.2. The van der Waals surface area contributed by atoms with E-state index in [2.05, 4.69) is 148 Å². The number of rotatable bonds is 10. The first-order valence-corrected chi connectivity index (χ1v) is 21.5. The maximum Gasteiger partial charge on any atom is 0.0826 e. The van der Waals surface area contributed by atoms with Crippen molar-refractivity contribution in [2.45, 2.75) is 71.1 Å². The summed E-state index contributed by atoms with van der Waals surface area (Å²) in [7, 11) is 0. The van der Waals surface area contributed by atoms with E-state index < -0.39 is 25.7 Å². The Labute approximate surface area is 260 Å². The van der Waals surface area contributed by atoms with Crippen LogP contribution >= 0.6 is 27.3 Å². The molecule has 0 N–H and O–H groups in total. The molecule has 0 unspecified atom stereocenters. The molecule has 0 saturated heterocycles. The Bertz CT molecular complexity index is 1200. The van der Waals surface area contributed by atoms with E-state index in [9.17, 15) is 9.90 Å². The molecule has 0 bridgehead atoms. The smallest absolute Gasteiger partial charge is 0.0826 e. The normalized spacial score (nSPS) is 11.9. The van der Waals surface area contributed by atoms with Crippen LogP contribution < -0.4 is 5.11 Å². The van der Waals surface area contributed by atoms with Crippen LogP contribution in [0.3, 0.4) is 0 Å². The quantitative estimate of drug-likeness (QED) is 0.153. The molecule has 210 valence electrons. The topological polar surface area (TPSA) is 40.1 Å². The molecular weight excluding hydrogens is 683 g/mol. The Kier molecular flexibility index (Phi) is 11.7. The summed E-state index contributed by atoms with van der Waals surface area (Å²) >= 11 is 2.37. The monoisotopic (exact) mass is 724 g/mol. The number of halogens is 1. The van der Waals surface area contributed by atoms with Crippen LogP contribution in [-0.2, 0) is 16.2 Å². The number of aromatic carboxylic acids is 1. The van der Waals surface area contributed by atoms with Crippen molar-refractivity contribution < 1.29 is 9.90 Å². The molecule has 5 heteroatoms. The van der Waals surface area contributed by atoms with Gasteiger partial charge in [0.05, 0.1) is 10.8 Å². The van der Waals surface area contributed by atoms with Crippen LogP contribution in [0.5, 0.6) is 0 Å². The van der Waals surface area contributed by atoms with Crippen molar-refractivity contribution in [3.05, 3.63) is 128 Å². The number of benzene rings is 3. The van der Waals surface area contributed by atoms with Crippen molar-refractivity contribution in [1.29, 1.82) is 0 Å². The second-order valence-corrected chi connectivity index (χ2v) is 21.5. The minimum absolute atomic E-state index is 0.232. The van der Waals surface area contributed by atoms with Crippen molar-refractivity contribution in [2.75, 3.05) is 0 Å². The van der Waals surface area contributed by atoms with Gasteiger partial charge in [0.2, 0.25) is 0 Å². The molecule has 0 aliphatic rings. The molecule has 4 rings (SSSR count). The van der Waals surface area contributed by atoms with Gasteiger partial charge in [-0.05, 0) is 27.4 Å². The standard InChI is InChI=1S/3C10H13.C5H3BrO2S.Sn/c3*1-10(2,3)9-7-5-4-6-8-9;6-3-1-2-9-4(3)5(7)8;/h3*4-8H,1H2,2-3H3;1-2H,(H,7,8);/q;;;;+1/p-1. The number of hydrogen-bond donors (Lipinski definition) is 0. The molecule has 0 spiro atoms. The Balaban J connectivity index is 0.000000415. The molecule has 0 saturated carbocycles. The predicted molar refractivity (Wildman–Crippen MR) is 175 cm³/mol. The van der Waals surface area contributed by atoms with Crippen molar-refractivity contribution in [2.24, 2.45) is 0 Å². The first kappa shape index (κ1) is 32.6. The van der Waals surface area contributed by atoms with E-state index in [0.29, 0.717) is 4.47 Å². The van der Waals surface area contributed by atoms with Gasteiger partial charge in [0.25, 0.3) is 0 Å². The molecule has 0 fully saturated rings. The van der Waals surface area contributed by atoms with Gasteiger partial charge >= 0.3 is 199 Å². The molecule has 40 heavy (non-hydrogen) atoms. The minimum Gasteiger partial charge on any atom is -0.544 e. The van der Waals surface area contributed by atoms with Crippen LogP contribution in [0.4, 0.5) is 0 Å². The van der Waals surface area contributed by atoms with Crippen LogP contribution in [0.25, 0.3) is 0 Å². The third-order valence-electron chi connectivity index (χ3n) is 7.54. The van der Waals surface area contributed by atoms with Gasteiger partial charge in [0.15, 0.2) is 0 Å². The van der Waals surface area contributed by atoms with E-state index in [1.807, 2.05) is 0 Å². The first-order valence-electron chi connectivity index (χ1n) is 13.8. The molecule has 0 amide bonds. The van der Waals surface area contributed by atoms with Crippen molar-refractivity contribution in [1.82, 2.24) is 0 Å². The van der Waals surface area contributed by atoms with Gasteiger partial charge in [-0.15, -0.1) is 11.3 Å². The Hall–Kier alpha value is -1.89. The number of hydrogen-bond acceptors (Lipinski definition) is 3. The average molecular weight is 724 g/mol. The average Bonchev–Trinajstić information content (AvgIpc) is 3.36. The number of carboxylic acids is 1. The molecule has 2 nitrogen and oxygen atoms in total. The molecule has 0 radical (unpaired) electrons. The second kappa shape index (κ2) is 14.3. The maximum absolute atomic E-state index is 10.2. The number of carbonyl (C=O) groups is 1. The van der Waals surface area contributed by atoms with Gasteiger partial charge in [0, 0.05) is 4.47 Å². The van der Waals surface area contributed by atoms with E-state index in [0.717, 1.165) is 11.3 Å². The summed E-state index contributed by atoms with van der Waals surface area (Å²) in [4.78, 5) is 10.4. The van der Waals surface area contributed by atoms with Gasteiger partial charge < -0.3 is 9.90 Å². The zero-order valence-electron chi connectivity index (χ0n) is 24.5. The molecule has 0 aliphatic carbocycles. The zero-order valence-corrected chi connectivity index (χ0v) is 29.8. The van der Waals surface area contributed by atoms with Crippen LogP contribution in [-0.4, -0.2) is 25.7 Å². The Morgan fingerprint density at radius 3 is 1.20 bits per heavy atom. The largest absolute Gasteiger partial charge is 0.544 e. The predicted octanol–water partition coefficient (Wildman–Crippen LogP) is 9.29. The van der Waals surface area contributed by atoms with Gasteiger partial charge in [-0.1, -0.05) is 0 Å². The van der Waals surface area contributed by atoms with E-state index in [4.69, 9.17) is 0 Å². The van der Waals surface area contributed by atoms with Crippen LogP contribution in [0.1, 0.15) is 67.9 Å². The second-order valence-electron chi connectivity index (χ2n) is 12.4. The van der Waals surface area contributed by atoms with E-state index in [1.165, 1.54) is 30.0 Å². The zero-order chi connectivity index (χ0) is 29.4. The minimum atomic E-state index is -1.84. The third kappa shape index (κ3) is 9.32. The van der Waals surface area contributed by atoms with Gasteiger partial charge in [-0.2, -0.15) is 0 Å². The number of carbonyl (C=O) groups excluding carboxylic acids is 1. The summed E-state index contributed by atoms with van der Waals surface area (Å²) in [5.41, 5.74) is 5.16. The van der Waals surface area contributed by atoms with Gasteiger partial charge in [-0.25, -0.2) is 0 Å². The first-order chi connectivity index (χ1) is 18.8. The molecule has 4 aromatic rings. The molecule has 3 aromatic carbocycles. The van der Waals surface area contributed by atoms with Crippen molar-refractivity contribution in [3.63, 3.8) is 0 Å². The summed E-state index contributed by atoms with van der Waals surface area (Å²) in [6, 6.07) is 35.2. The summed E-state index contributed by atoms with van der Waals surface area (Å²) in [5, 5.41) is 11.8. The summed E-state index contributed by atoms with van der Waals surface area (Å²) < 4.78 is 4.73. The fraction of sp³-hybridized carbons (Fsp3) is 0.343. The number of thiophene rings is 1. The van der Waals surface area contributed by atoms with Crippen molar-refractivity contribution >= 4 is 53.0 Å². The molecule has 0 aliphatic heterocycles. The molecule has 1 heterocycles. The Morgan fingerprint density at radius 2 is 0.975 bits per heavy atom. The number of carboxylic acid groups (broad SMARTS) is 1. The Morgan fingerprint density at radius 1 is 0.650 bits per heavy atom. The summed E-state index contributed by atoms with van der Waals surface area (Å²) in [6.07, 6.45) is 0. The SMILES string of the molecule is CC(C)([CH2][Sn+]([CH2]C(C)(C)c1ccccc1)[CH2]C(C)(C)c1ccccc1)c1ccccc1.O=C([O-])c1sccc1Br. The molecule has 0 atom stereocenters. The van der Waals surface area contributed by atoms with Crippen LogP contribution in [0.15, 0.2) is 107 Å². The van der Waals surface area contributed by atoms with Gasteiger partial charge in [0.1, 0.15) is 0 Å². The summed E-state index contributed by atoms with van der Waals surface area (Å²) in [6.45, 7) is 14.8. The summed E-state index contributed by atoms with van der Waals surface area (Å²) in [5.74, 6) is -1.13. The molecular formula is C35H41BrO2SSn. The van der Waals surface area contributed by atoms with E-state index in [-0.39, 0.29) is 21.1 Å². The van der Waals surface area contributed by atoms with E-state index in [1.54, 1.807) is 11.4 Å². The van der Waals surface area contributed by atoms with Crippen LogP contribution in [0.2, 0.25) is 13.3 Å². The van der Waals surface area contributed by atoms with Crippen LogP contribution in [0, 0.1) is 0 Å². The van der Waals surface area contributed by atoms with Gasteiger partial charge in [-0.3, -0.25) is 0 Å². The fourth-order valence-electron chi connectivity index (χ4n) is 5.48.